The molecule has 0 bridgehead atoms. The molecular weight excluding hydrogens is 242 g/mol. The molecular formula is C10H19N3O3S. The van der Waals surface area contributed by atoms with E-state index in [0.717, 1.165) is 5.17 Å². The topological polar surface area (TPSA) is 86.1 Å². The van der Waals surface area contributed by atoms with Crippen molar-refractivity contribution in [3.63, 3.8) is 0 Å². The molecule has 2 rings (SSSR count). The molecule has 2 saturated heterocycles. The molecule has 0 aromatic heterocycles. The Morgan fingerprint density at radius 1 is 1.47 bits per heavy atom. The second kappa shape index (κ2) is 5.53. The Labute approximate surface area is 105 Å². The summed E-state index contributed by atoms with van der Waals surface area (Å²) in [7, 11) is 1.79. The van der Waals surface area contributed by atoms with Crippen molar-refractivity contribution in [2.24, 2.45) is 4.99 Å². The largest absolute Gasteiger partial charge is 0.388 e. The average molecular weight is 261 g/mol. The summed E-state index contributed by atoms with van der Waals surface area (Å²) in [5.74, 6) is 0. The van der Waals surface area contributed by atoms with Gasteiger partial charge in [-0.05, 0) is 14.0 Å². The minimum absolute atomic E-state index is 0.183. The number of fused-ring (bicyclic) bond motifs is 1. The van der Waals surface area contributed by atoms with E-state index in [1.165, 1.54) is 11.8 Å². The van der Waals surface area contributed by atoms with Crippen molar-refractivity contribution in [1.29, 1.82) is 0 Å². The first kappa shape index (κ1) is 13.1. The van der Waals surface area contributed by atoms with E-state index >= 15 is 0 Å². The molecule has 6 nitrogen and oxygen atoms in total. The molecule has 2 fully saturated rings. The predicted molar refractivity (Wildman–Crippen MR) is 67.1 cm³/mol. The minimum atomic E-state index is -0.877. The second-order valence-corrected chi connectivity index (χ2v) is 5.24. The van der Waals surface area contributed by atoms with E-state index in [4.69, 9.17) is 4.74 Å². The van der Waals surface area contributed by atoms with Crippen molar-refractivity contribution in [1.82, 2.24) is 10.6 Å². The van der Waals surface area contributed by atoms with Gasteiger partial charge in [-0.1, -0.05) is 11.8 Å². The summed E-state index contributed by atoms with van der Waals surface area (Å²) in [6, 6.07) is -0.284. The smallest absolute Gasteiger partial charge is 0.159 e. The number of hydrogen-bond acceptors (Lipinski definition) is 6. The predicted octanol–water partition coefficient (Wildman–Crippen LogP) is -1.27. The maximum Gasteiger partial charge on any atom is 0.159 e. The maximum atomic E-state index is 10.0. The van der Waals surface area contributed by atoms with Crippen LogP contribution in [0.1, 0.15) is 6.92 Å². The molecule has 0 aromatic rings. The number of aliphatic imine (C=N–C) groups is 1. The normalized spacial score (nSPS) is 43.5. The Morgan fingerprint density at radius 3 is 2.88 bits per heavy atom. The fourth-order valence-electron chi connectivity index (χ4n) is 2.07. The van der Waals surface area contributed by atoms with Crippen LogP contribution in [0.3, 0.4) is 0 Å². The van der Waals surface area contributed by atoms with Crippen molar-refractivity contribution in [3.05, 3.63) is 0 Å². The third kappa shape index (κ3) is 2.58. The molecule has 4 N–H and O–H groups in total. The standard InChI is InChI=1S/C10H19N3O3S/c1-3-12-10-13-6-8(15)7(14)5(4-11-2)16-9(6)17-10/h5-9,11,14-15H,3-4H2,1-2H3,(H,12,13). The molecule has 0 amide bonds. The van der Waals surface area contributed by atoms with Gasteiger partial charge >= 0.3 is 0 Å². The summed E-state index contributed by atoms with van der Waals surface area (Å²) in [5, 5.41) is 26.8. The first-order valence-electron chi connectivity index (χ1n) is 5.81. The van der Waals surface area contributed by atoms with Crippen molar-refractivity contribution < 1.29 is 14.9 Å². The number of aliphatic hydroxyl groups is 2. The Hall–Kier alpha value is -0.340. The van der Waals surface area contributed by atoms with Gasteiger partial charge in [-0.15, -0.1) is 0 Å². The van der Waals surface area contributed by atoms with E-state index in [1.54, 1.807) is 7.05 Å². The molecule has 2 aliphatic rings. The Bertz CT molecular complexity index is 303. The van der Waals surface area contributed by atoms with Crippen LogP contribution in [0.2, 0.25) is 0 Å². The SMILES string of the molecule is CCN=C1NC2C(OC(CNC)C(O)C2O)S1. The van der Waals surface area contributed by atoms with Crippen LogP contribution in [0.5, 0.6) is 0 Å². The Morgan fingerprint density at radius 2 is 2.24 bits per heavy atom. The number of ether oxygens (including phenoxy) is 1. The molecule has 2 heterocycles. The fourth-order valence-corrected chi connectivity index (χ4v) is 3.27. The number of amidine groups is 1. The quantitative estimate of drug-likeness (QED) is 0.507. The summed E-state index contributed by atoms with van der Waals surface area (Å²) in [6.45, 7) is 3.16. The lowest BCUT2D eigenvalue weighted by molar-refractivity contribution is -0.153. The highest BCUT2D eigenvalue weighted by Crippen LogP contribution is 2.33. The summed E-state index contributed by atoms with van der Waals surface area (Å²) < 4.78 is 5.76. The lowest BCUT2D eigenvalue weighted by Gasteiger charge is -2.38. The van der Waals surface area contributed by atoms with Crippen LogP contribution >= 0.6 is 11.8 Å². The van der Waals surface area contributed by atoms with Gasteiger partial charge in [0.25, 0.3) is 0 Å². The van der Waals surface area contributed by atoms with Crippen LogP contribution in [0.25, 0.3) is 0 Å². The van der Waals surface area contributed by atoms with Gasteiger partial charge in [-0.25, -0.2) is 0 Å². The van der Waals surface area contributed by atoms with Crippen LogP contribution in [0.4, 0.5) is 0 Å². The highest BCUT2D eigenvalue weighted by Gasteiger charge is 2.48. The van der Waals surface area contributed by atoms with Gasteiger partial charge in [-0.2, -0.15) is 0 Å². The summed E-state index contributed by atoms with van der Waals surface area (Å²) in [5.41, 5.74) is -0.183. The van der Waals surface area contributed by atoms with E-state index < -0.39 is 12.2 Å². The Kier molecular flexibility index (Phi) is 4.26. The average Bonchev–Trinajstić information content (AvgIpc) is 2.69. The molecule has 5 atom stereocenters. The highest BCUT2D eigenvalue weighted by molar-refractivity contribution is 8.14. The van der Waals surface area contributed by atoms with Crippen LogP contribution < -0.4 is 10.6 Å². The minimum Gasteiger partial charge on any atom is -0.388 e. The van der Waals surface area contributed by atoms with Crippen molar-refractivity contribution >= 4 is 16.9 Å². The van der Waals surface area contributed by atoms with Gasteiger partial charge in [0.05, 0.1) is 6.04 Å². The lowest BCUT2D eigenvalue weighted by atomic mass is 9.98. The molecule has 0 spiro atoms. The van der Waals surface area contributed by atoms with Crippen LogP contribution in [0, 0.1) is 0 Å². The highest BCUT2D eigenvalue weighted by atomic mass is 32.2. The number of likely N-dealkylation sites (N-methyl/N-ethyl adjacent to an activating group) is 1. The summed E-state index contributed by atoms with van der Waals surface area (Å²) in [4.78, 5) is 4.26. The van der Waals surface area contributed by atoms with Crippen molar-refractivity contribution in [3.8, 4) is 0 Å². The lowest BCUT2D eigenvalue weighted by Crippen LogP contribution is -2.60. The molecule has 7 heteroatoms. The molecule has 17 heavy (non-hydrogen) atoms. The number of thioether (sulfide) groups is 1. The Balaban J connectivity index is 2.06. The first-order valence-corrected chi connectivity index (χ1v) is 6.69. The monoisotopic (exact) mass is 261 g/mol. The third-order valence-electron chi connectivity index (χ3n) is 2.93. The number of nitrogens with one attached hydrogen (secondary N) is 2. The molecule has 0 radical (unpaired) electrons. The van der Waals surface area contributed by atoms with E-state index in [2.05, 4.69) is 15.6 Å². The molecule has 2 aliphatic heterocycles. The third-order valence-corrected chi connectivity index (χ3v) is 4.03. The maximum absolute atomic E-state index is 10.0. The summed E-state index contributed by atoms with van der Waals surface area (Å²) in [6.07, 6.45) is -2.09. The van der Waals surface area contributed by atoms with Gasteiger partial charge < -0.3 is 25.6 Å². The molecule has 5 unspecified atom stereocenters. The van der Waals surface area contributed by atoms with Gasteiger partial charge in [0.1, 0.15) is 23.7 Å². The first-order chi connectivity index (χ1) is 8.17. The molecule has 98 valence electrons. The van der Waals surface area contributed by atoms with Crippen LogP contribution in [-0.2, 0) is 4.74 Å². The fraction of sp³-hybridized carbons (Fsp3) is 0.900. The zero-order valence-electron chi connectivity index (χ0n) is 9.96. The van der Waals surface area contributed by atoms with Gasteiger partial charge in [0.15, 0.2) is 5.17 Å². The summed E-state index contributed by atoms with van der Waals surface area (Å²) >= 11 is 1.47. The van der Waals surface area contributed by atoms with E-state index in [0.29, 0.717) is 13.1 Å². The van der Waals surface area contributed by atoms with E-state index in [9.17, 15) is 10.2 Å². The van der Waals surface area contributed by atoms with Crippen LogP contribution in [-0.4, -0.2) is 65.3 Å². The molecule has 0 aliphatic carbocycles. The second-order valence-electron chi connectivity index (χ2n) is 4.15. The van der Waals surface area contributed by atoms with Gasteiger partial charge in [0, 0.05) is 13.1 Å². The van der Waals surface area contributed by atoms with Crippen LogP contribution in [0.15, 0.2) is 4.99 Å². The number of hydrogen-bond donors (Lipinski definition) is 4. The number of aliphatic hydroxyl groups excluding tert-OH is 2. The molecule has 0 aromatic carbocycles. The zero-order chi connectivity index (χ0) is 12.4. The van der Waals surface area contributed by atoms with Crippen molar-refractivity contribution in [2.75, 3.05) is 20.1 Å². The van der Waals surface area contributed by atoms with Gasteiger partial charge in [0.2, 0.25) is 0 Å². The molecule has 0 saturated carbocycles. The number of rotatable bonds is 3. The van der Waals surface area contributed by atoms with Crippen molar-refractivity contribution in [2.45, 2.75) is 36.7 Å². The number of nitrogens with zero attached hydrogens (tertiary/aromatic N) is 1. The van der Waals surface area contributed by atoms with E-state index in [-0.39, 0.29) is 17.6 Å². The van der Waals surface area contributed by atoms with E-state index in [1.807, 2.05) is 6.92 Å². The zero-order valence-corrected chi connectivity index (χ0v) is 10.8. The van der Waals surface area contributed by atoms with Gasteiger partial charge in [-0.3, -0.25) is 4.99 Å².